The summed E-state index contributed by atoms with van der Waals surface area (Å²) in [7, 11) is 0. The van der Waals surface area contributed by atoms with Gasteiger partial charge in [0.1, 0.15) is 5.82 Å². The van der Waals surface area contributed by atoms with Gasteiger partial charge in [-0.25, -0.2) is 4.98 Å². The molecule has 6 heteroatoms. The van der Waals surface area contributed by atoms with Crippen molar-refractivity contribution in [3.8, 4) is 0 Å². The third-order valence-corrected chi connectivity index (χ3v) is 3.60. The summed E-state index contributed by atoms with van der Waals surface area (Å²) in [5, 5.41) is 9.68. The van der Waals surface area contributed by atoms with Crippen molar-refractivity contribution in [3.63, 3.8) is 0 Å². The highest BCUT2D eigenvalue weighted by atomic mass is 16.2. The molecule has 0 saturated carbocycles. The Balaban J connectivity index is 1.72. The van der Waals surface area contributed by atoms with Crippen molar-refractivity contribution in [1.82, 2.24) is 25.4 Å². The molecule has 2 heterocycles. The van der Waals surface area contributed by atoms with Gasteiger partial charge in [0, 0.05) is 19.5 Å². The van der Waals surface area contributed by atoms with Gasteiger partial charge in [0.25, 0.3) is 5.91 Å². The first-order valence-electron chi connectivity index (χ1n) is 7.61. The number of hydrogen-bond acceptors (Lipinski definition) is 4. The predicted molar refractivity (Wildman–Crippen MR) is 77.5 cm³/mol. The number of carbonyl (C=O) groups excluding carboxylic acids is 1. The molecule has 1 aromatic rings. The maximum atomic E-state index is 11.9. The Kier molecular flexibility index (Phi) is 5.52. The number of H-pyrrole nitrogens is 1. The lowest BCUT2D eigenvalue weighted by atomic mass is 10.1. The third-order valence-electron chi connectivity index (χ3n) is 3.60. The topological polar surface area (TPSA) is 73.9 Å². The number of amides is 1. The highest BCUT2D eigenvalue weighted by Crippen LogP contribution is 2.09. The Morgan fingerprint density at radius 1 is 1.45 bits per heavy atom. The van der Waals surface area contributed by atoms with Crippen molar-refractivity contribution < 1.29 is 4.79 Å². The average Bonchev–Trinajstić information content (AvgIpc) is 3.08. The van der Waals surface area contributed by atoms with Gasteiger partial charge in [-0.05, 0) is 38.3 Å². The zero-order valence-electron chi connectivity index (χ0n) is 12.5. The lowest BCUT2D eigenvalue weighted by Crippen LogP contribution is -2.34. The maximum Gasteiger partial charge on any atom is 0.290 e. The van der Waals surface area contributed by atoms with E-state index in [4.69, 9.17) is 0 Å². The number of aromatic nitrogens is 3. The molecule has 1 aromatic heterocycles. The number of likely N-dealkylation sites (tertiary alicyclic amines) is 1. The number of nitrogens with one attached hydrogen (secondary N) is 2. The highest BCUT2D eigenvalue weighted by Gasteiger charge is 2.16. The maximum absolute atomic E-state index is 11.9. The minimum absolute atomic E-state index is 0.183. The van der Waals surface area contributed by atoms with Gasteiger partial charge in [0.05, 0.1) is 0 Å². The molecule has 1 amide bonds. The molecule has 6 nitrogen and oxygen atoms in total. The van der Waals surface area contributed by atoms with E-state index in [0.717, 1.165) is 25.2 Å². The van der Waals surface area contributed by atoms with Crippen molar-refractivity contribution in [1.29, 1.82) is 0 Å². The second-order valence-corrected chi connectivity index (χ2v) is 5.68. The molecule has 0 bridgehead atoms. The van der Waals surface area contributed by atoms with E-state index in [1.54, 1.807) is 0 Å². The minimum atomic E-state index is -0.183. The summed E-state index contributed by atoms with van der Waals surface area (Å²) in [5.74, 6) is 1.30. The van der Waals surface area contributed by atoms with Crippen LogP contribution in [0, 0.1) is 5.92 Å². The van der Waals surface area contributed by atoms with E-state index in [2.05, 4.69) is 39.2 Å². The normalized spacial score (nSPS) is 17.3. The van der Waals surface area contributed by atoms with E-state index < -0.39 is 0 Å². The van der Waals surface area contributed by atoms with Gasteiger partial charge in [-0.15, -0.1) is 5.10 Å². The summed E-state index contributed by atoms with van der Waals surface area (Å²) in [6, 6.07) is 0. The van der Waals surface area contributed by atoms with Gasteiger partial charge in [-0.1, -0.05) is 13.8 Å². The van der Waals surface area contributed by atoms with Crippen LogP contribution in [0.4, 0.5) is 0 Å². The van der Waals surface area contributed by atoms with Crippen LogP contribution < -0.4 is 5.32 Å². The van der Waals surface area contributed by atoms with Crippen molar-refractivity contribution in [2.75, 3.05) is 26.2 Å². The summed E-state index contributed by atoms with van der Waals surface area (Å²) in [4.78, 5) is 18.6. The Hall–Kier alpha value is -1.43. The van der Waals surface area contributed by atoms with Gasteiger partial charge in [0.15, 0.2) is 0 Å². The van der Waals surface area contributed by atoms with Crippen LogP contribution in [0.15, 0.2) is 0 Å². The molecular weight excluding hydrogens is 254 g/mol. The molecular formula is C14H25N5O. The first-order chi connectivity index (χ1) is 9.69. The molecule has 2 N–H and O–H groups in total. The van der Waals surface area contributed by atoms with Crippen molar-refractivity contribution in [2.45, 2.75) is 39.5 Å². The van der Waals surface area contributed by atoms with Crippen LogP contribution >= 0.6 is 0 Å². The van der Waals surface area contributed by atoms with E-state index in [1.165, 1.54) is 25.9 Å². The summed E-state index contributed by atoms with van der Waals surface area (Å²) in [6.07, 6.45) is 4.42. The van der Waals surface area contributed by atoms with Crippen LogP contribution in [0.1, 0.15) is 49.6 Å². The van der Waals surface area contributed by atoms with E-state index in [-0.39, 0.29) is 11.7 Å². The first-order valence-corrected chi connectivity index (χ1v) is 7.61. The largest absolute Gasteiger partial charge is 0.349 e. The Labute approximate surface area is 120 Å². The van der Waals surface area contributed by atoms with E-state index in [1.807, 2.05) is 0 Å². The number of carbonyl (C=O) groups is 1. The monoisotopic (exact) mass is 279 g/mol. The second kappa shape index (κ2) is 7.38. The molecule has 0 aromatic carbocycles. The lowest BCUT2D eigenvalue weighted by molar-refractivity contribution is 0.0935. The van der Waals surface area contributed by atoms with Crippen LogP contribution in [0.25, 0.3) is 0 Å². The van der Waals surface area contributed by atoms with Gasteiger partial charge in [-0.2, -0.15) is 0 Å². The molecule has 20 heavy (non-hydrogen) atoms. The molecule has 1 aliphatic rings. The predicted octanol–water partition coefficient (Wildman–Crippen LogP) is 1.22. The van der Waals surface area contributed by atoms with Crippen LogP contribution in [0.3, 0.4) is 0 Å². The van der Waals surface area contributed by atoms with Gasteiger partial charge in [-0.3, -0.25) is 9.89 Å². The smallest absolute Gasteiger partial charge is 0.290 e. The molecule has 0 spiro atoms. The Morgan fingerprint density at radius 3 is 2.90 bits per heavy atom. The summed E-state index contributed by atoms with van der Waals surface area (Å²) in [5.41, 5.74) is 0. The minimum Gasteiger partial charge on any atom is -0.349 e. The van der Waals surface area contributed by atoms with Gasteiger partial charge < -0.3 is 10.2 Å². The van der Waals surface area contributed by atoms with Gasteiger partial charge in [0.2, 0.25) is 5.82 Å². The molecule has 2 rings (SSSR count). The SMILES string of the molecule is CCCc1nc(C(=O)NCC(C)CN2CCCC2)n[nH]1. The second-order valence-electron chi connectivity index (χ2n) is 5.68. The highest BCUT2D eigenvalue weighted by molar-refractivity contribution is 5.90. The molecule has 1 unspecified atom stereocenters. The fourth-order valence-corrected chi connectivity index (χ4v) is 2.56. The molecule has 1 saturated heterocycles. The van der Waals surface area contributed by atoms with Crippen LogP contribution in [-0.2, 0) is 6.42 Å². The number of aromatic amines is 1. The molecule has 112 valence electrons. The number of rotatable bonds is 7. The Morgan fingerprint density at radius 2 is 2.20 bits per heavy atom. The quantitative estimate of drug-likeness (QED) is 0.787. The summed E-state index contributed by atoms with van der Waals surface area (Å²) in [6.45, 7) is 8.35. The number of aryl methyl sites for hydroxylation is 1. The standard InChI is InChI=1S/C14H25N5O/c1-3-6-12-16-13(18-17-12)14(20)15-9-11(2)10-19-7-4-5-8-19/h11H,3-10H2,1-2H3,(H,15,20)(H,16,17,18). The lowest BCUT2D eigenvalue weighted by Gasteiger charge is -2.20. The molecule has 1 aliphatic heterocycles. The van der Waals surface area contributed by atoms with Crippen LogP contribution in [-0.4, -0.2) is 52.2 Å². The van der Waals surface area contributed by atoms with Crippen LogP contribution in [0.5, 0.6) is 0 Å². The van der Waals surface area contributed by atoms with Crippen molar-refractivity contribution >= 4 is 5.91 Å². The fourth-order valence-electron chi connectivity index (χ4n) is 2.56. The van der Waals surface area contributed by atoms with E-state index in [9.17, 15) is 4.79 Å². The summed E-state index contributed by atoms with van der Waals surface area (Å²) < 4.78 is 0. The zero-order valence-corrected chi connectivity index (χ0v) is 12.5. The molecule has 1 fully saturated rings. The van der Waals surface area contributed by atoms with Crippen molar-refractivity contribution in [3.05, 3.63) is 11.6 Å². The van der Waals surface area contributed by atoms with E-state index >= 15 is 0 Å². The average molecular weight is 279 g/mol. The number of hydrogen-bond donors (Lipinski definition) is 2. The van der Waals surface area contributed by atoms with Crippen molar-refractivity contribution in [2.24, 2.45) is 5.92 Å². The number of nitrogens with zero attached hydrogens (tertiary/aromatic N) is 3. The van der Waals surface area contributed by atoms with Gasteiger partial charge >= 0.3 is 0 Å². The molecule has 1 atom stereocenters. The third kappa shape index (κ3) is 4.30. The molecule has 0 radical (unpaired) electrons. The van der Waals surface area contributed by atoms with E-state index in [0.29, 0.717) is 12.5 Å². The zero-order chi connectivity index (χ0) is 14.4. The van der Waals surface area contributed by atoms with Crippen LogP contribution in [0.2, 0.25) is 0 Å². The first kappa shape index (κ1) is 15.0. The summed E-state index contributed by atoms with van der Waals surface area (Å²) >= 11 is 0. The fraction of sp³-hybridized carbons (Fsp3) is 0.786. The molecule has 0 aliphatic carbocycles. The Bertz CT molecular complexity index is 425.